The monoisotopic (exact) mass is 458 g/mol. The molecule has 4 aromatic rings. The van der Waals surface area contributed by atoms with Crippen LogP contribution in [0.2, 0.25) is 5.02 Å². The van der Waals surface area contributed by atoms with Crippen molar-refractivity contribution in [1.29, 1.82) is 0 Å². The van der Waals surface area contributed by atoms with Crippen LogP contribution >= 0.6 is 27.5 Å². The van der Waals surface area contributed by atoms with Gasteiger partial charge in [-0.15, -0.1) is 0 Å². The Morgan fingerprint density at radius 2 is 1.24 bits per heavy atom. The van der Waals surface area contributed by atoms with Crippen LogP contribution in [-0.2, 0) is 5.41 Å². The van der Waals surface area contributed by atoms with Crippen molar-refractivity contribution in [2.45, 2.75) is 19.3 Å². The van der Waals surface area contributed by atoms with E-state index in [4.69, 9.17) is 11.6 Å². The van der Waals surface area contributed by atoms with E-state index < -0.39 is 0 Å². The maximum Gasteiger partial charge on any atom is 0.0418 e. The van der Waals surface area contributed by atoms with Gasteiger partial charge in [-0.1, -0.05) is 89.9 Å². The maximum absolute atomic E-state index is 6.52. The van der Waals surface area contributed by atoms with Crippen LogP contribution in [0.1, 0.15) is 25.0 Å². The van der Waals surface area contributed by atoms with E-state index in [9.17, 15) is 0 Å². The molecule has 0 N–H and O–H groups in total. The van der Waals surface area contributed by atoms with Gasteiger partial charge in [-0.25, -0.2) is 0 Å². The summed E-state index contributed by atoms with van der Waals surface area (Å²) < 4.78 is 1.07. The molecule has 2 heteroatoms. The Kier molecular flexibility index (Phi) is 4.42. The van der Waals surface area contributed by atoms with E-state index in [-0.39, 0.29) is 5.41 Å². The van der Waals surface area contributed by atoms with Gasteiger partial charge in [0.25, 0.3) is 0 Å². The van der Waals surface area contributed by atoms with Gasteiger partial charge in [-0.2, -0.15) is 0 Å². The van der Waals surface area contributed by atoms with Crippen molar-refractivity contribution in [3.05, 3.63) is 106 Å². The molecule has 1 aliphatic rings. The molecule has 0 bridgehead atoms. The first-order valence-corrected chi connectivity index (χ1v) is 10.9. The van der Waals surface area contributed by atoms with Crippen LogP contribution in [0.5, 0.6) is 0 Å². The molecular weight excluding hydrogens is 440 g/mol. The molecule has 4 aromatic carbocycles. The summed E-state index contributed by atoms with van der Waals surface area (Å²) in [7, 11) is 0. The highest BCUT2D eigenvalue weighted by Crippen LogP contribution is 2.49. The zero-order chi connectivity index (χ0) is 20.2. The molecule has 29 heavy (non-hydrogen) atoms. The van der Waals surface area contributed by atoms with E-state index in [1.807, 2.05) is 6.07 Å². The van der Waals surface area contributed by atoms with Crippen LogP contribution in [0.4, 0.5) is 0 Å². The van der Waals surface area contributed by atoms with Gasteiger partial charge in [0.2, 0.25) is 0 Å². The van der Waals surface area contributed by atoms with Crippen LogP contribution in [0.3, 0.4) is 0 Å². The second-order valence-corrected chi connectivity index (χ2v) is 9.52. The van der Waals surface area contributed by atoms with Crippen LogP contribution in [0.15, 0.2) is 89.4 Å². The molecule has 5 rings (SSSR count). The molecule has 142 valence electrons. The first kappa shape index (κ1) is 18.7. The predicted octanol–water partition coefficient (Wildman–Crippen LogP) is 8.74. The van der Waals surface area contributed by atoms with Crippen molar-refractivity contribution >= 4 is 27.5 Å². The van der Waals surface area contributed by atoms with Gasteiger partial charge < -0.3 is 0 Å². The minimum absolute atomic E-state index is 0.0291. The third kappa shape index (κ3) is 3.13. The topological polar surface area (TPSA) is 0 Å². The average molecular weight is 460 g/mol. The fourth-order valence-electron chi connectivity index (χ4n) is 4.47. The number of hydrogen-bond donors (Lipinski definition) is 0. The first-order chi connectivity index (χ1) is 13.9. The second-order valence-electron chi connectivity index (χ2n) is 8.17. The third-order valence-electron chi connectivity index (χ3n) is 5.99. The Balaban J connectivity index is 1.65. The molecule has 0 nitrogen and oxygen atoms in total. The molecule has 0 atom stereocenters. The van der Waals surface area contributed by atoms with Crippen LogP contribution in [0.25, 0.3) is 33.4 Å². The minimum atomic E-state index is 0.0291. The van der Waals surface area contributed by atoms with E-state index in [2.05, 4.69) is 109 Å². The van der Waals surface area contributed by atoms with E-state index in [0.29, 0.717) is 0 Å². The highest BCUT2D eigenvalue weighted by molar-refractivity contribution is 9.10. The summed E-state index contributed by atoms with van der Waals surface area (Å²) in [6.07, 6.45) is 0. The fourth-order valence-corrected chi connectivity index (χ4v) is 4.96. The fraction of sp³-hybridized carbons (Fsp3) is 0.111. The van der Waals surface area contributed by atoms with Crippen LogP contribution in [-0.4, -0.2) is 0 Å². The molecule has 1 aliphatic carbocycles. The van der Waals surface area contributed by atoms with Gasteiger partial charge in [0.15, 0.2) is 0 Å². The largest absolute Gasteiger partial charge is 0.0843 e. The lowest BCUT2D eigenvalue weighted by molar-refractivity contribution is 0.660. The van der Waals surface area contributed by atoms with Gasteiger partial charge in [0, 0.05) is 14.9 Å². The Hall–Kier alpha value is -2.35. The Morgan fingerprint density at radius 1 is 0.621 bits per heavy atom. The van der Waals surface area contributed by atoms with E-state index in [1.165, 1.54) is 27.8 Å². The number of fused-ring (bicyclic) bond motifs is 3. The summed E-state index contributed by atoms with van der Waals surface area (Å²) in [5.41, 5.74) is 10.1. The predicted molar refractivity (Wildman–Crippen MR) is 128 cm³/mol. The number of halogens is 2. The molecule has 0 fully saturated rings. The summed E-state index contributed by atoms with van der Waals surface area (Å²) in [6, 6.07) is 30.2. The Labute approximate surface area is 185 Å². The van der Waals surface area contributed by atoms with Crippen molar-refractivity contribution < 1.29 is 0 Å². The molecule has 0 amide bonds. The first-order valence-electron chi connectivity index (χ1n) is 9.75. The zero-order valence-corrected chi connectivity index (χ0v) is 18.7. The van der Waals surface area contributed by atoms with Gasteiger partial charge >= 0.3 is 0 Å². The SMILES string of the molecule is CC1(C)c2ccccc2-c2cc(-c3cc(Cl)cc(-c4ccc(Br)cc4)c3)ccc21. The lowest BCUT2D eigenvalue weighted by Gasteiger charge is -2.21. The van der Waals surface area contributed by atoms with Crippen molar-refractivity contribution in [2.24, 2.45) is 0 Å². The van der Waals surface area contributed by atoms with Crippen molar-refractivity contribution in [3.8, 4) is 33.4 Å². The highest BCUT2D eigenvalue weighted by atomic mass is 79.9. The molecule has 0 saturated heterocycles. The second kappa shape index (κ2) is 6.86. The lowest BCUT2D eigenvalue weighted by Crippen LogP contribution is -2.14. The molecule has 0 heterocycles. The molecule has 0 aliphatic heterocycles. The van der Waals surface area contributed by atoms with Gasteiger partial charge in [-0.05, 0) is 80.9 Å². The van der Waals surface area contributed by atoms with Crippen molar-refractivity contribution in [3.63, 3.8) is 0 Å². The lowest BCUT2D eigenvalue weighted by atomic mass is 9.82. The standard InChI is InChI=1S/C27H20BrCl/c1-27(2)25-6-4-3-5-23(25)24-16-18(9-12-26(24)27)20-13-19(14-22(29)15-20)17-7-10-21(28)11-8-17/h3-16H,1-2H3. The summed E-state index contributed by atoms with van der Waals surface area (Å²) in [4.78, 5) is 0. The highest BCUT2D eigenvalue weighted by Gasteiger charge is 2.35. The van der Waals surface area contributed by atoms with E-state index in [0.717, 1.165) is 26.2 Å². The summed E-state index contributed by atoms with van der Waals surface area (Å²) in [5, 5.41) is 0.752. The number of rotatable bonds is 2. The zero-order valence-electron chi connectivity index (χ0n) is 16.3. The molecule has 0 unspecified atom stereocenters. The van der Waals surface area contributed by atoms with Crippen LogP contribution < -0.4 is 0 Å². The summed E-state index contributed by atoms with van der Waals surface area (Å²) >= 11 is 10.0. The van der Waals surface area contributed by atoms with Gasteiger partial charge in [0.1, 0.15) is 0 Å². The third-order valence-corrected chi connectivity index (χ3v) is 6.74. The summed E-state index contributed by atoms with van der Waals surface area (Å²) in [5.74, 6) is 0. The Morgan fingerprint density at radius 3 is 2.00 bits per heavy atom. The van der Waals surface area contributed by atoms with Crippen LogP contribution in [0, 0.1) is 0 Å². The smallest absolute Gasteiger partial charge is 0.0418 e. The molecule has 0 saturated carbocycles. The van der Waals surface area contributed by atoms with E-state index in [1.54, 1.807) is 0 Å². The average Bonchev–Trinajstić information content (AvgIpc) is 2.95. The molecule has 0 spiro atoms. The minimum Gasteiger partial charge on any atom is -0.0843 e. The summed E-state index contributed by atoms with van der Waals surface area (Å²) in [6.45, 7) is 4.62. The van der Waals surface area contributed by atoms with E-state index >= 15 is 0 Å². The normalized spacial score (nSPS) is 13.8. The maximum atomic E-state index is 6.52. The van der Waals surface area contributed by atoms with Gasteiger partial charge in [0.05, 0.1) is 0 Å². The molecular formula is C27H20BrCl. The van der Waals surface area contributed by atoms with Crippen molar-refractivity contribution in [2.75, 3.05) is 0 Å². The molecule has 0 aromatic heterocycles. The number of benzene rings is 4. The number of hydrogen-bond acceptors (Lipinski definition) is 0. The molecule has 0 radical (unpaired) electrons. The Bertz CT molecular complexity index is 1240. The quantitative estimate of drug-likeness (QED) is 0.281. The van der Waals surface area contributed by atoms with Gasteiger partial charge in [-0.3, -0.25) is 0 Å². The van der Waals surface area contributed by atoms with Crippen molar-refractivity contribution in [1.82, 2.24) is 0 Å².